The van der Waals surface area contributed by atoms with Gasteiger partial charge in [-0.3, -0.25) is 9.69 Å². The van der Waals surface area contributed by atoms with Gasteiger partial charge in [0.25, 0.3) is 0 Å². The Bertz CT molecular complexity index is 350. The maximum Gasteiger partial charge on any atom is 0.317 e. The van der Waals surface area contributed by atoms with E-state index in [-0.39, 0.29) is 12.5 Å². The quantitative estimate of drug-likeness (QED) is 0.740. The molecule has 2 aliphatic rings. The van der Waals surface area contributed by atoms with E-state index in [1.807, 2.05) is 0 Å². The van der Waals surface area contributed by atoms with E-state index in [0.717, 1.165) is 39.0 Å². The number of carbonyl (C=O) groups excluding carboxylic acids is 1. The van der Waals surface area contributed by atoms with Gasteiger partial charge in [0.15, 0.2) is 0 Å². The fourth-order valence-corrected chi connectivity index (χ4v) is 2.75. The number of rotatable bonds is 6. The number of piperazine rings is 1. The highest BCUT2D eigenvalue weighted by molar-refractivity contribution is 5.74. The number of hydrogen-bond acceptors (Lipinski definition) is 4. The lowest BCUT2D eigenvalue weighted by Crippen LogP contribution is -2.52. The second kappa shape index (κ2) is 8.19. The van der Waals surface area contributed by atoms with Crippen LogP contribution in [-0.2, 0) is 9.53 Å². The molecule has 7 heteroatoms. The minimum Gasteiger partial charge on any atom is -0.481 e. The average molecular weight is 299 g/mol. The van der Waals surface area contributed by atoms with Crippen LogP contribution in [0.5, 0.6) is 0 Å². The second-order valence-corrected chi connectivity index (χ2v) is 5.63. The summed E-state index contributed by atoms with van der Waals surface area (Å²) in [5.74, 6) is -0.774. The highest BCUT2D eigenvalue weighted by Crippen LogP contribution is 2.14. The highest BCUT2D eigenvalue weighted by atomic mass is 16.5. The molecule has 2 rings (SSSR count). The summed E-state index contributed by atoms with van der Waals surface area (Å²) < 4.78 is 5.52. The third kappa shape index (κ3) is 5.51. The number of carbonyl (C=O) groups is 2. The summed E-state index contributed by atoms with van der Waals surface area (Å²) in [5, 5.41) is 11.6. The lowest BCUT2D eigenvalue weighted by Gasteiger charge is -2.34. The lowest BCUT2D eigenvalue weighted by molar-refractivity contribution is -0.137. The normalized spacial score (nSPS) is 23.2. The van der Waals surface area contributed by atoms with Crippen molar-refractivity contribution in [3.05, 3.63) is 0 Å². The number of carboxylic acid groups (broad SMARTS) is 1. The summed E-state index contributed by atoms with van der Waals surface area (Å²) in [5.41, 5.74) is 0. The molecule has 1 atom stereocenters. The van der Waals surface area contributed by atoms with E-state index in [1.54, 1.807) is 4.90 Å². The Morgan fingerprint density at radius 2 is 2.00 bits per heavy atom. The Balaban J connectivity index is 1.57. The number of nitrogens with zero attached hydrogens (tertiary/aromatic N) is 2. The number of amides is 2. The van der Waals surface area contributed by atoms with Gasteiger partial charge in [-0.25, -0.2) is 4.79 Å². The van der Waals surface area contributed by atoms with Crippen LogP contribution in [0.4, 0.5) is 4.79 Å². The summed E-state index contributed by atoms with van der Waals surface area (Å²) in [6, 6.07) is -0.0223. The molecule has 21 heavy (non-hydrogen) atoms. The third-order valence-corrected chi connectivity index (χ3v) is 4.07. The molecule has 0 aromatic heterocycles. The predicted molar refractivity (Wildman–Crippen MR) is 77.3 cm³/mol. The largest absolute Gasteiger partial charge is 0.481 e. The van der Waals surface area contributed by atoms with E-state index in [9.17, 15) is 9.59 Å². The molecule has 1 unspecified atom stereocenters. The van der Waals surface area contributed by atoms with E-state index >= 15 is 0 Å². The number of hydrogen-bond donors (Lipinski definition) is 2. The van der Waals surface area contributed by atoms with Crippen molar-refractivity contribution in [1.29, 1.82) is 0 Å². The van der Waals surface area contributed by atoms with Gasteiger partial charge < -0.3 is 20.1 Å². The second-order valence-electron chi connectivity index (χ2n) is 5.63. The molecule has 2 aliphatic heterocycles. The van der Waals surface area contributed by atoms with E-state index in [2.05, 4.69) is 10.2 Å². The van der Waals surface area contributed by atoms with Crippen LogP contribution in [0.15, 0.2) is 0 Å². The Kier molecular flexibility index (Phi) is 6.25. The fraction of sp³-hybridized carbons (Fsp3) is 0.857. The van der Waals surface area contributed by atoms with Crippen LogP contribution in [0, 0.1) is 0 Å². The predicted octanol–water partition coefficient (Wildman–Crippen LogP) is 0.357. The van der Waals surface area contributed by atoms with E-state index in [1.165, 1.54) is 0 Å². The molecule has 0 radical (unpaired) electrons. The van der Waals surface area contributed by atoms with Crippen LogP contribution >= 0.6 is 0 Å². The Morgan fingerprint density at radius 3 is 2.62 bits per heavy atom. The maximum atomic E-state index is 12.0. The summed E-state index contributed by atoms with van der Waals surface area (Å²) in [6.07, 6.45) is 3.56. The minimum absolute atomic E-state index is 0.0223. The lowest BCUT2D eigenvalue weighted by atomic mass is 10.2. The highest BCUT2D eigenvalue weighted by Gasteiger charge is 2.21. The molecule has 2 N–H and O–H groups in total. The molecule has 0 aliphatic carbocycles. The van der Waals surface area contributed by atoms with E-state index in [4.69, 9.17) is 9.84 Å². The van der Waals surface area contributed by atoms with Gasteiger partial charge in [0.1, 0.15) is 0 Å². The summed E-state index contributed by atoms with van der Waals surface area (Å²) in [7, 11) is 0. The Labute approximate surface area is 125 Å². The SMILES string of the molecule is O=C(O)CCN1CCN(C(=O)NCCC2CCCO2)CC1. The Morgan fingerprint density at radius 1 is 1.24 bits per heavy atom. The van der Waals surface area contributed by atoms with Crippen LogP contribution in [0.3, 0.4) is 0 Å². The van der Waals surface area contributed by atoms with Crippen LogP contribution in [0.2, 0.25) is 0 Å². The van der Waals surface area contributed by atoms with Gasteiger partial charge in [-0.1, -0.05) is 0 Å². The summed E-state index contributed by atoms with van der Waals surface area (Å²) in [4.78, 5) is 26.4. The molecule has 0 aromatic carbocycles. The fourth-order valence-electron chi connectivity index (χ4n) is 2.75. The van der Waals surface area contributed by atoms with Crippen molar-refractivity contribution >= 4 is 12.0 Å². The zero-order chi connectivity index (χ0) is 15.1. The van der Waals surface area contributed by atoms with Crippen LogP contribution < -0.4 is 5.32 Å². The molecule has 0 aromatic rings. The smallest absolute Gasteiger partial charge is 0.317 e. The van der Waals surface area contributed by atoms with Gasteiger partial charge in [-0.05, 0) is 19.3 Å². The first-order chi connectivity index (χ1) is 10.1. The van der Waals surface area contributed by atoms with Crippen molar-refractivity contribution in [3.8, 4) is 0 Å². The zero-order valence-corrected chi connectivity index (χ0v) is 12.4. The molecule has 0 bridgehead atoms. The van der Waals surface area contributed by atoms with E-state index < -0.39 is 5.97 Å². The minimum atomic E-state index is -0.774. The molecule has 2 heterocycles. The summed E-state index contributed by atoms with van der Waals surface area (Å²) in [6.45, 7) is 4.86. The van der Waals surface area contributed by atoms with Crippen LogP contribution in [0.1, 0.15) is 25.7 Å². The standard InChI is InChI=1S/C14H25N3O4/c18-13(19)4-6-16-7-9-17(10-8-16)14(20)15-5-3-12-2-1-11-21-12/h12H,1-11H2,(H,15,20)(H,18,19). The summed E-state index contributed by atoms with van der Waals surface area (Å²) >= 11 is 0. The number of aliphatic carboxylic acids is 1. The number of urea groups is 1. The van der Waals surface area contributed by atoms with Crippen molar-refractivity contribution in [1.82, 2.24) is 15.1 Å². The van der Waals surface area contributed by atoms with Crippen molar-refractivity contribution in [2.75, 3.05) is 45.9 Å². The van der Waals surface area contributed by atoms with Crippen LogP contribution in [-0.4, -0.2) is 78.9 Å². The number of ether oxygens (including phenoxy) is 1. The molecule has 0 spiro atoms. The van der Waals surface area contributed by atoms with Gasteiger partial charge in [-0.15, -0.1) is 0 Å². The monoisotopic (exact) mass is 299 g/mol. The molecule has 7 nitrogen and oxygen atoms in total. The molecule has 120 valence electrons. The van der Waals surface area contributed by atoms with Gasteiger partial charge in [0.2, 0.25) is 0 Å². The molecule has 2 saturated heterocycles. The molecular weight excluding hydrogens is 274 g/mol. The van der Waals surface area contributed by atoms with Crippen molar-refractivity contribution in [2.24, 2.45) is 0 Å². The molecule has 2 amide bonds. The first-order valence-electron chi connectivity index (χ1n) is 7.73. The first kappa shape index (κ1) is 16.0. The molecule has 0 saturated carbocycles. The number of nitrogens with one attached hydrogen (secondary N) is 1. The maximum absolute atomic E-state index is 12.0. The van der Waals surface area contributed by atoms with Crippen molar-refractivity contribution in [2.45, 2.75) is 31.8 Å². The van der Waals surface area contributed by atoms with Crippen molar-refractivity contribution in [3.63, 3.8) is 0 Å². The molecule has 2 fully saturated rings. The van der Waals surface area contributed by atoms with Gasteiger partial charge in [0, 0.05) is 45.9 Å². The zero-order valence-electron chi connectivity index (χ0n) is 12.4. The third-order valence-electron chi connectivity index (χ3n) is 4.07. The van der Waals surface area contributed by atoms with Crippen LogP contribution in [0.25, 0.3) is 0 Å². The van der Waals surface area contributed by atoms with Gasteiger partial charge in [-0.2, -0.15) is 0 Å². The average Bonchev–Trinajstić information content (AvgIpc) is 2.99. The molecular formula is C14H25N3O4. The first-order valence-corrected chi connectivity index (χ1v) is 7.73. The van der Waals surface area contributed by atoms with E-state index in [0.29, 0.717) is 32.3 Å². The number of carboxylic acids is 1. The van der Waals surface area contributed by atoms with Gasteiger partial charge >= 0.3 is 12.0 Å². The van der Waals surface area contributed by atoms with Crippen molar-refractivity contribution < 1.29 is 19.4 Å². The topological polar surface area (TPSA) is 82.1 Å². The Hall–Kier alpha value is -1.34. The van der Waals surface area contributed by atoms with Gasteiger partial charge in [0.05, 0.1) is 12.5 Å².